The third-order valence-electron chi connectivity index (χ3n) is 6.77. The molecule has 2 amide bonds. The number of piperidine rings is 1. The van der Waals surface area contributed by atoms with Crippen molar-refractivity contribution in [2.24, 2.45) is 5.41 Å². The van der Waals surface area contributed by atoms with E-state index in [1.807, 2.05) is 24.3 Å². The van der Waals surface area contributed by atoms with Crippen LogP contribution in [0.15, 0.2) is 54.7 Å². The van der Waals surface area contributed by atoms with Gasteiger partial charge in [0.2, 0.25) is 0 Å². The molecule has 2 N–H and O–H groups in total. The summed E-state index contributed by atoms with van der Waals surface area (Å²) in [6.07, 6.45) is 1.91. The second-order valence-electron chi connectivity index (χ2n) is 9.18. The molecule has 1 aliphatic carbocycles. The molecule has 180 valence electrons. The number of aliphatic carboxylic acids is 1. The van der Waals surface area contributed by atoms with Crippen molar-refractivity contribution in [2.45, 2.75) is 25.7 Å². The van der Waals surface area contributed by atoms with E-state index in [1.165, 1.54) is 6.20 Å². The standard InChI is InChI=1S/C26H25N3O5S/c1-26(23(31)32)11-6-12-29(15-26)22(30)21-13-27-24(35-21)28-25(33)34-14-20-18-9-4-2-7-16(18)17-8-3-5-10-19(17)20/h2-5,7-10,13,20H,6,11-12,14-15H2,1H3,(H,31,32)(H,27,28,33). The Morgan fingerprint density at radius 1 is 1.14 bits per heavy atom. The van der Waals surface area contributed by atoms with E-state index in [0.717, 1.165) is 33.6 Å². The molecule has 9 heteroatoms. The lowest BCUT2D eigenvalue weighted by atomic mass is 9.82. The number of nitrogens with zero attached hydrogens (tertiary/aromatic N) is 2. The van der Waals surface area contributed by atoms with Gasteiger partial charge in [-0.3, -0.25) is 14.9 Å². The fourth-order valence-electron chi connectivity index (χ4n) is 4.90. The average Bonchev–Trinajstić information content (AvgIpc) is 3.45. The molecule has 8 nitrogen and oxygen atoms in total. The van der Waals surface area contributed by atoms with Crippen LogP contribution >= 0.6 is 11.3 Å². The number of benzene rings is 2. The zero-order valence-electron chi connectivity index (χ0n) is 19.2. The highest BCUT2D eigenvalue weighted by atomic mass is 32.1. The van der Waals surface area contributed by atoms with Crippen LogP contribution in [0.2, 0.25) is 0 Å². The minimum absolute atomic E-state index is 0.0516. The van der Waals surface area contributed by atoms with Crippen LogP contribution < -0.4 is 5.32 Å². The second kappa shape index (κ2) is 9.14. The van der Waals surface area contributed by atoms with Gasteiger partial charge in [-0.25, -0.2) is 9.78 Å². The van der Waals surface area contributed by atoms with Crippen molar-refractivity contribution in [3.63, 3.8) is 0 Å². The Labute approximate surface area is 206 Å². The highest BCUT2D eigenvalue weighted by molar-refractivity contribution is 7.17. The summed E-state index contributed by atoms with van der Waals surface area (Å²) in [5, 5.41) is 12.4. The molecule has 0 bridgehead atoms. The minimum atomic E-state index is -0.957. The van der Waals surface area contributed by atoms with Crippen LogP contribution in [0, 0.1) is 5.41 Å². The van der Waals surface area contributed by atoms with E-state index < -0.39 is 17.5 Å². The van der Waals surface area contributed by atoms with Crippen molar-refractivity contribution in [2.75, 3.05) is 25.0 Å². The maximum Gasteiger partial charge on any atom is 0.413 e. The van der Waals surface area contributed by atoms with E-state index in [9.17, 15) is 19.5 Å². The molecule has 2 aromatic carbocycles. The van der Waals surface area contributed by atoms with Gasteiger partial charge in [-0.2, -0.15) is 0 Å². The largest absolute Gasteiger partial charge is 0.481 e. The molecule has 2 heterocycles. The summed E-state index contributed by atoms with van der Waals surface area (Å²) in [5.74, 6) is -1.24. The number of nitrogens with one attached hydrogen (secondary N) is 1. The number of thiazole rings is 1. The van der Waals surface area contributed by atoms with E-state index in [0.29, 0.717) is 24.3 Å². The van der Waals surface area contributed by atoms with Gasteiger partial charge in [0.25, 0.3) is 5.91 Å². The molecule has 0 saturated carbocycles. The Balaban J connectivity index is 1.21. The number of ether oxygens (including phenoxy) is 1. The van der Waals surface area contributed by atoms with Crippen molar-refractivity contribution in [1.29, 1.82) is 0 Å². The SMILES string of the molecule is CC1(C(=O)O)CCCN(C(=O)c2cnc(NC(=O)OCC3c4ccccc4-c4ccccc43)s2)C1. The highest BCUT2D eigenvalue weighted by Gasteiger charge is 2.40. The molecule has 2 aliphatic rings. The Hall–Kier alpha value is -3.72. The number of rotatable bonds is 5. The number of carboxylic acid groups (broad SMARTS) is 1. The average molecular weight is 492 g/mol. The predicted octanol–water partition coefficient (Wildman–Crippen LogP) is 4.83. The quantitative estimate of drug-likeness (QED) is 0.529. The second-order valence-corrected chi connectivity index (χ2v) is 10.2. The van der Waals surface area contributed by atoms with Gasteiger partial charge < -0.3 is 14.7 Å². The number of carbonyl (C=O) groups excluding carboxylic acids is 2. The normalized spacial score (nSPS) is 19.1. The third-order valence-corrected chi connectivity index (χ3v) is 7.67. The molecule has 0 radical (unpaired) electrons. The summed E-state index contributed by atoms with van der Waals surface area (Å²) in [6, 6.07) is 16.2. The molecule has 1 atom stereocenters. The summed E-state index contributed by atoms with van der Waals surface area (Å²) in [6.45, 7) is 2.48. The maximum atomic E-state index is 12.9. The van der Waals surface area contributed by atoms with Crippen molar-refractivity contribution in [1.82, 2.24) is 9.88 Å². The highest BCUT2D eigenvalue weighted by Crippen LogP contribution is 2.44. The maximum absolute atomic E-state index is 12.9. The molecule has 3 aromatic rings. The number of aromatic nitrogens is 1. The Morgan fingerprint density at radius 3 is 2.46 bits per heavy atom. The van der Waals surface area contributed by atoms with Crippen LogP contribution in [0.4, 0.5) is 9.93 Å². The van der Waals surface area contributed by atoms with Crippen LogP contribution in [-0.4, -0.2) is 52.7 Å². The van der Waals surface area contributed by atoms with Gasteiger partial charge in [0.15, 0.2) is 5.13 Å². The monoisotopic (exact) mass is 491 g/mol. The van der Waals surface area contributed by atoms with Gasteiger partial charge in [-0.05, 0) is 42.0 Å². The lowest BCUT2D eigenvalue weighted by Crippen LogP contribution is -2.48. The molecule has 5 rings (SSSR count). The zero-order chi connectivity index (χ0) is 24.6. The zero-order valence-corrected chi connectivity index (χ0v) is 20.0. The van der Waals surface area contributed by atoms with E-state index in [2.05, 4.69) is 34.6 Å². The Kier molecular flexibility index (Phi) is 6.02. The van der Waals surface area contributed by atoms with Gasteiger partial charge in [0, 0.05) is 19.0 Å². The number of carboxylic acids is 1. The first-order chi connectivity index (χ1) is 16.9. The molecule has 1 saturated heterocycles. The number of likely N-dealkylation sites (tertiary alicyclic amines) is 1. The first-order valence-electron chi connectivity index (χ1n) is 11.5. The third kappa shape index (κ3) is 4.39. The van der Waals surface area contributed by atoms with Crippen molar-refractivity contribution >= 4 is 34.4 Å². The molecular weight excluding hydrogens is 466 g/mol. The van der Waals surface area contributed by atoms with Crippen LogP contribution in [-0.2, 0) is 9.53 Å². The summed E-state index contributed by atoms with van der Waals surface area (Å²) >= 11 is 1.05. The van der Waals surface area contributed by atoms with Crippen LogP contribution in [0.25, 0.3) is 11.1 Å². The van der Waals surface area contributed by atoms with Gasteiger partial charge in [0.05, 0.1) is 11.6 Å². The summed E-state index contributed by atoms with van der Waals surface area (Å²) in [7, 11) is 0. The number of amides is 2. The molecule has 1 aromatic heterocycles. The number of hydrogen-bond donors (Lipinski definition) is 2. The predicted molar refractivity (Wildman–Crippen MR) is 132 cm³/mol. The van der Waals surface area contributed by atoms with E-state index in [4.69, 9.17) is 4.74 Å². The molecule has 35 heavy (non-hydrogen) atoms. The van der Waals surface area contributed by atoms with E-state index in [-0.39, 0.29) is 30.1 Å². The summed E-state index contributed by atoms with van der Waals surface area (Å²) < 4.78 is 5.54. The molecule has 1 unspecified atom stereocenters. The Bertz CT molecular complexity index is 1260. The lowest BCUT2D eigenvalue weighted by Gasteiger charge is -2.37. The minimum Gasteiger partial charge on any atom is -0.481 e. The summed E-state index contributed by atoms with van der Waals surface area (Å²) in [4.78, 5) is 43.0. The first kappa shape index (κ1) is 23.0. The number of hydrogen-bond acceptors (Lipinski definition) is 6. The van der Waals surface area contributed by atoms with Crippen molar-refractivity contribution in [3.05, 3.63) is 70.7 Å². The van der Waals surface area contributed by atoms with Crippen molar-refractivity contribution in [3.8, 4) is 11.1 Å². The molecule has 1 fully saturated rings. The smallest absolute Gasteiger partial charge is 0.413 e. The van der Waals surface area contributed by atoms with E-state index >= 15 is 0 Å². The van der Waals surface area contributed by atoms with Gasteiger partial charge in [0.1, 0.15) is 11.5 Å². The van der Waals surface area contributed by atoms with E-state index in [1.54, 1.807) is 11.8 Å². The van der Waals surface area contributed by atoms with Crippen molar-refractivity contribution < 1.29 is 24.2 Å². The van der Waals surface area contributed by atoms with Gasteiger partial charge >= 0.3 is 12.1 Å². The van der Waals surface area contributed by atoms with Crippen LogP contribution in [0.5, 0.6) is 0 Å². The van der Waals surface area contributed by atoms with Crippen LogP contribution in [0.3, 0.4) is 0 Å². The first-order valence-corrected chi connectivity index (χ1v) is 12.3. The number of carbonyl (C=O) groups is 3. The van der Waals surface area contributed by atoms with Crippen LogP contribution in [0.1, 0.15) is 46.5 Å². The Morgan fingerprint density at radius 2 is 1.80 bits per heavy atom. The van der Waals surface area contributed by atoms with Gasteiger partial charge in [-0.15, -0.1) is 0 Å². The fraction of sp³-hybridized carbons (Fsp3) is 0.308. The molecular formula is C26H25N3O5S. The lowest BCUT2D eigenvalue weighted by molar-refractivity contribution is -0.150. The molecule has 1 aliphatic heterocycles. The summed E-state index contributed by atoms with van der Waals surface area (Å²) in [5.41, 5.74) is 3.59. The molecule has 0 spiro atoms. The van der Waals surface area contributed by atoms with Gasteiger partial charge in [-0.1, -0.05) is 59.9 Å². The number of anilines is 1. The number of fused-ring (bicyclic) bond motifs is 3. The fourth-order valence-corrected chi connectivity index (χ4v) is 5.67. The topological polar surface area (TPSA) is 109 Å².